The number of hydrogen-bond donors (Lipinski definition) is 0. The Balaban J connectivity index is 1.63. The molecular weight excluding hydrogens is 455 g/mol. The van der Waals surface area contributed by atoms with Crippen molar-refractivity contribution in [1.29, 1.82) is 0 Å². The van der Waals surface area contributed by atoms with Crippen LogP contribution in [0.2, 0.25) is 0 Å². The fourth-order valence-electron chi connectivity index (χ4n) is 3.51. The van der Waals surface area contributed by atoms with Gasteiger partial charge in [0.25, 0.3) is 5.91 Å². The molecule has 0 N–H and O–H groups in total. The quantitative estimate of drug-likeness (QED) is 0.600. The van der Waals surface area contributed by atoms with Gasteiger partial charge in [0.15, 0.2) is 23.1 Å². The molecule has 1 amide bonds. The van der Waals surface area contributed by atoms with Crippen molar-refractivity contribution in [2.75, 3.05) is 47.0 Å². The zero-order valence-electron chi connectivity index (χ0n) is 17.4. The van der Waals surface area contributed by atoms with Crippen molar-refractivity contribution in [1.82, 2.24) is 9.80 Å². The summed E-state index contributed by atoms with van der Waals surface area (Å²) in [7, 11) is 3.02. The van der Waals surface area contributed by atoms with Crippen LogP contribution in [-0.4, -0.2) is 62.7 Å². The van der Waals surface area contributed by atoms with E-state index < -0.39 is 0 Å². The second-order valence-electron chi connectivity index (χ2n) is 6.96. The molecule has 0 aromatic heterocycles. The van der Waals surface area contributed by atoms with Crippen LogP contribution in [0.5, 0.6) is 17.2 Å². The van der Waals surface area contributed by atoms with Gasteiger partial charge in [-0.2, -0.15) is 0 Å². The molecule has 1 heterocycles. The molecule has 0 aliphatic carbocycles. The van der Waals surface area contributed by atoms with E-state index in [-0.39, 0.29) is 17.5 Å². The van der Waals surface area contributed by atoms with Crippen LogP contribution in [0.3, 0.4) is 0 Å². The smallest absolute Gasteiger partial charge is 0.254 e. The monoisotopic (exact) mass is 480 g/mol. The Morgan fingerprint density at radius 3 is 2.40 bits per heavy atom. The number of amides is 1. The van der Waals surface area contributed by atoms with Gasteiger partial charge < -0.3 is 19.1 Å². The van der Waals surface area contributed by atoms with Crippen LogP contribution in [0.25, 0.3) is 0 Å². The Kier molecular flexibility index (Phi) is 7.55. The number of carbonyl (C=O) groups is 1. The summed E-state index contributed by atoms with van der Waals surface area (Å²) >= 11 is 3.46. The molecule has 1 aliphatic rings. The molecule has 2 aromatic rings. The Morgan fingerprint density at radius 1 is 1.07 bits per heavy atom. The fraction of sp³-hybridized carbons (Fsp3) is 0.409. The van der Waals surface area contributed by atoms with E-state index in [1.807, 2.05) is 17.9 Å². The summed E-state index contributed by atoms with van der Waals surface area (Å²) < 4.78 is 30.5. The molecule has 8 heteroatoms. The minimum Gasteiger partial charge on any atom is -0.494 e. The highest BCUT2D eigenvalue weighted by molar-refractivity contribution is 9.10. The van der Waals surface area contributed by atoms with E-state index in [2.05, 4.69) is 20.8 Å². The first-order valence-corrected chi connectivity index (χ1v) is 10.6. The summed E-state index contributed by atoms with van der Waals surface area (Å²) in [6.45, 7) is 5.63. The zero-order valence-corrected chi connectivity index (χ0v) is 19.0. The number of halogens is 2. The van der Waals surface area contributed by atoms with E-state index in [0.717, 1.165) is 18.7 Å². The molecule has 0 saturated carbocycles. The van der Waals surface area contributed by atoms with E-state index in [9.17, 15) is 9.18 Å². The normalized spacial score (nSPS) is 14.5. The van der Waals surface area contributed by atoms with Crippen LogP contribution in [0.15, 0.2) is 34.8 Å². The average Bonchev–Trinajstić information content (AvgIpc) is 2.74. The third-order valence-electron chi connectivity index (χ3n) is 5.04. The van der Waals surface area contributed by atoms with E-state index in [0.29, 0.717) is 47.8 Å². The number of rotatable bonds is 7. The molecule has 0 radical (unpaired) electrons. The van der Waals surface area contributed by atoms with E-state index in [4.69, 9.17) is 14.2 Å². The predicted octanol–water partition coefficient (Wildman–Crippen LogP) is 3.96. The van der Waals surface area contributed by atoms with Gasteiger partial charge in [-0.05, 0) is 52.7 Å². The van der Waals surface area contributed by atoms with Crippen molar-refractivity contribution in [3.8, 4) is 17.2 Å². The first-order valence-electron chi connectivity index (χ1n) is 9.81. The Labute approximate surface area is 184 Å². The standard InChI is InChI=1S/C22H26BrFN2O4/c1-4-30-20-13-16(12-17(23)21(20)29-3)22(27)26-9-7-25(8-10-26)14-15-5-6-19(28-2)18(24)11-15/h5-6,11-13H,4,7-10,14H2,1-3H3. The van der Waals surface area contributed by atoms with Crippen LogP contribution in [0, 0.1) is 5.82 Å². The van der Waals surface area contributed by atoms with Crippen LogP contribution in [0.1, 0.15) is 22.8 Å². The lowest BCUT2D eigenvalue weighted by Crippen LogP contribution is -2.48. The van der Waals surface area contributed by atoms with Gasteiger partial charge in [-0.25, -0.2) is 4.39 Å². The second kappa shape index (κ2) is 10.1. The van der Waals surface area contributed by atoms with Gasteiger partial charge >= 0.3 is 0 Å². The maximum absolute atomic E-state index is 13.9. The Bertz CT molecular complexity index is 901. The molecule has 0 spiro atoms. The van der Waals surface area contributed by atoms with Gasteiger partial charge in [0, 0.05) is 38.3 Å². The topological polar surface area (TPSA) is 51.2 Å². The van der Waals surface area contributed by atoms with Crippen LogP contribution in [0.4, 0.5) is 4.39 Å². The number of ether oxygens (including phenoxy) is 3. The number of carbonyl (C=O) groups excluding carboxylic acids is 1. The number of piperazine rings is 1. The third-order valence-corrected chi connectivity index (χ3v) is 5.63. The van der Waals surface area contributed by atoms with Gasteiger partial charge in [-0.3, -0.25) is 9.69 Å². The molecule has 1 fully saturated rings. The molecule has 0 atom stereocenters. The number of hydrogen-bond acceptors (Lipinski definition) is 5. The van der Waals surface area contributed by atoms with Gasteiger partial charge in [-0.1, -0.05) is 6.07 Å². The molecule has 30 heavy (non-hydrogen) atoms. The highest BCUT2D eigenvalue weighted by Crippen LogP contribution is 2.37. The first kappa shape index (κ1) is 22.4. The van der Waals surface area contributed by atoms with Crippen molar-refractivity contribution in [2.45, 2.75) is 13.5 Å². The lowest BCUT2D eigenvalue weighted by Gasteiger charge is -2.35. The average molecular weight is 481 g/mol. The number of nitrogens with zero attached hydrogens (tertiary/aromatic N) is 2. The third kappa shape index (κ3) is 5.05. The highest BCUT2D eigenvalue weighted by Gasteiger charge is 2.24. The number of methoxy groups -OCH3 is 2. The molecule has 0 bridgehead atoms. The fourth-order valence-corrected chi connectivity index (χ4v) is 4.11. The minimum absolute atomic E-state index is 0.0468. The first-order chi connectivity index (χ1) is 14.5. The second-order valence-corrected chi connectivity index (χ2v) is 7.81. The van der Waals surface area contributed by atoms with Crippen molar-refractivity contribution >= 4 is 21.8 Å². The summed E-state index contributed by atoms with van der Waals surface area (Å²) in [6.07, 6.45) is 0. The van der Waals surface area contributed by atoms with Gasteiger partial charge in [0.05, 0.1) is 25.3 Å². The largest absolute Gasteiger partial charge is 0.494 e. The summed E-state index contributed by atoms with van der Waals surface area (Å²) in [6, 6.07) is 8.49. The van der Waals surface area contributed by atoms with Crippen LogP contribution in [-0.2, 0) is 6.54 Å². The van der Waals surface area contributed by atoms with Crippen molar-refractivity contribution in [2.24, 2.45) is 0 Å². The van der Waals surface area contributed by atoms with Gasteiger partial charge in [0.2, 0.25) is 0 Å². The highest BCUT2D eigenvalue weighted by atomic mass is 79.9. The van der Waals surface area contributed by atoms with E-state index in [1.165, 1.54) is 13.2 Å². The van der Waals surface area contributed by atoms with Crippen LogP contribution >= 0.6 is 15.9 Å². The molecule has 2 aromatic carbocycles. The van der Waals surface area contributed by atoms with E-state index >= 15 is 0 Å². The SMILES string of the molecule is CCOc1cc(C(=O)N2CCN(Cc3ccc(OC)c(F)c3)CC2)cc(Br)c1OC. The van der Waals surface area contributed by atoms with Crippen molar-refractivity contribution in [3.63, 3.8) is 0 Å². The molecule has 1 saturated heterocycles. The summed E-state index contributed by atoms with van der Waals surface area (Å²) in [5.41, 5.74) is 1.44. The maximum Gasteiger partial charge on any atom is 0.254 e. The van der Waals surface area contributed by atoms with Crippen LogP contribution < -0.4 is 14.2 Å². The van der Waals surface area contributed by atoms with Crippen molar-refractivity contribution < 1.29 is 23.4 Å². The van der Waals surface area contributed by atoms with Crippen molar-refractivity contribution in [3.05, 3.63) is 51.7 Å². The molecule has 3 rings (SSSR count). The number of benzene rings is 2. The molecule has 1 aliphatic heterocycles. The zero-order chi connectivity index (χ0) is 21.7. The van der Waals surface area contributed by atoms with Gasteiger partial charge in [-0.15, -0.1) is 0 Å². The minimum atomic E-state index is -0.362. The summed E-state index contributed by atoms with van der Waals surface area (Å²) in [4.78, 5) is 17.1. The molecule has 0 unspecified atom stereocenters. The van der Waals surface area contributed by atoms with E-state index in [1.54, 1.807) is 25.3 Å². The Morgan fingerprint density at radius 2 is 1.80 bits per heavy atom. The van der Waals surface area contributed by atoms with Gasteiger partial charge in [0.1, 0.15) is 0 Å². The summed E-state index contributed by atoms with van der Waals surface area (Å²) in [5, 5.41) is 0. The molecular formula is C22H26BrFN2O4. The lowest BCUT2D eigenvalue weighted by atomic mass is 10.1. The maximum atomic E-state index is 13.9. The molecule has 162 valence electrons. The molecule has 6 nitrogen and oxygen atoms in total. The lowest BCUT2D eigenvalue weighted by molar-refractivity contribution is 0.0627. The predicted molar refractivity (Wildman–Crippen MR) is 116 cm³/mol. The summed E-state index contributed by atoms with van der Waals surface area (Å²) in [5.74, 6) is 0.947. The Hall–Kier alpha value is -2.32.